The van der Waals surface area contributed by atoms with Crippen LogP contribution in [0.25, 0.3) is 10.9 Å². The van der Waals surface area contributed by atoms with Crippen molar-refractivity contribution in [1.82, 2.24) is 19.1 Å². The van der Waals surface area contributed by atoms with Crippen LogP contribution in [0.15, 0.2) is 53.6 Å². The van der Waals surface area contributed by atoms with E-state index in [1.165, 1.54) is 4.31 Å². The zero-order chi connectivity index (χ0) is 23.0. The number of carbonyl (C=O) groups is 1. The molecule has 0 spiro atoms. The molecule has 0 saturated carbocycles. The first-order valence-electron chi connectivity index (χ1n) is 10.1. The highest BCUT2D eigenvalue weighted by Gasteiger charge is 2.33. The molecule has 10 heteroatoms. The molecule has 2 aromatic carbocycles. The maximum Gasteiger partial charge on any atom is 0.259 e. The molecule has 0 aliphatic carbocycles. The molecule has 0 unspecified atom stereocenters. The SMILES string of the molecule is CN(C)C(=N)c1ccc(CN2CCN(S(=O)(=O)c3cc4ccc(Cl)cc4[nH]3)CC2=O)cc1. The summed E-state index contributed by atoms with van der Waals surface area (Å²) in [6, 6.07) is 14.2. The molecular formula is C22H24ClN5O3S. The molecule has 1 aliphatic heterocycles. The third kappa shape index (κ3) is 4.36. The summed E-state index contributed by atoms with van der Waals surface area (Å²) in [5.74, 6) is 0.162. The predicted molar refractivity (Wildman–Crippen MR) is 124 cm³/mol. The molecule has 4 rings (SSSR count). The quantitative estimate of drug-likeness (QED) is 0.439. The first-order chi connectivity index (χ1) is 15.1. The largest absolute Gasteiger partial charge is 0.363 e. The lowest BCUT2D eigenvalue weighted by atomic mass is 10.1. The summed E-state index contributed by atoms with van der Waals surface area (Å²) in [7, 11) is -0.204. The van der Waals surface area contributed by atoms with Crippen LogP contribution in [-0.2, 0) is 21.4 Å². The van der Waals surface area contributed by atoms with Gasteiger partial charge >= 0.3 is 0 Å². The Kier molecular flexibility index (Phi) is 5.98. The standard InChI is InChI=1S/C22H24ClN5O3S/c1-26(2)22(24)16-5-3-15(4-6-16)13-27-9-10-28(14-21(27)29)32(30,31)20-11-17-7-8-18(23)12-19(17)25-20/h3-8,11-12,24-25H,9-10,13-14H2,1-2H3. The van der Waals surface area contributed by atoms with Gasteiger partial charge in [0, 0.05) is 55.2 Å². The fraction of sp³-hybridized carbons (Fsp3) is 0.273. The maximum atomic E-state index is 13.1. The third-order valence-electron chi connectivity index (χ3n) is 5.51. The number of fused-ring (bicyclic) bond motifs is 1. The van der Waals surface area contributed by atoms with Crippen LogP contribution in [0.4, 0.5) is 0 Å². The van der Waals surface area contributed by atoms with Crippen LogP contribution in [-0.4, -0.2) is 73.0 Å². The van der Waals surface area contributed by atoms with Gasteiger partial charge in [0.05, 0.1) is 6.54 Å². The second kappa shape index (κ2) is 8.57. The van der Waals surface area contributed by atoms with E-state index in [9.17, 15) is 13.2 Å². The van der Waals surface area contributed by atoms with Gasteiger partial charge in [-0.1, -0.05) is 41.9 Å². The Morgan fingerprint density at radius 3 is 2.50 bits per heavy atom. The van der Waals surface area contributed by atoms with Crippen molar-refractivity contribution >= 4 is 44.3 Å². The lowest BCUT2D eigenvalue weighted by molar-refractivity contribution is -0.134. The number of hydrogen-bond acceptors (Lipinski definition) is 4. The van der Waals surface area contributed by atoms with Gasteiger partial charge in [0.25, 0.3) is 10.0 Å². The molecule has 1 aromatic heterocycles. The molecular weight excluding hydrogens is 450 g/mol. The van der Waals surface area contributed by atoms with Crippen LogP contribution in [0, 0.1) is 5.41 Å². The van der Waals surface area contributed by atoms with E-state index >= 15 is 0 Å². The Morgan fingerprint density at radius 2 is 1.84 bits per heavy atom. The normalized spacial score (nSPS) is 15.3. The second-order valence-corrected chi connectivity index (χ2v) is 10.3. The van der Waals surface area contributed by atoms with Gasteiger partial charge < -0.3 is 14.8 Å². The maximum absolute atomic E-state index is 13.1. The number of benzene rings is 2. The fourth-order valence-electron chi connectivity index (χ4n) is 3.66. The molecule has 1 fully saturated rings. The smallest absolute Gasteiger partial charge is 0.259 e. The van der Waals surface area contributed by atoms with Crippen LogP contribution in [0.1, 0.15) is 11.1 Å². The number of hydrogen-bond donors (Lipinski definition) is 2. The number of sulfonamides is 1. The average molecular weight is 474 g/mol. The molecule has 0 radical (unpaired) electrons. The van der Waals surface area contributed by atoms with Gasteiger partial charge in [-0.15, -0.1) is 0 Å². The van der Waals surface area contributed by atoms with Crippen LogP contribution >= 0.6 is 11.6 Å². The molecule has 2 heterocycles. The number of carbonyl (C=O) groups excluding carboxylic acids is 1. The zero-order valence-corrected chi connectivity index (χ0v) is 19.4. The van der Waals surface area contributed by atoms with Crippen LogP contribution < -0.4 is 0 Å². The van der Waals surface area contributed by atoms with Crippen molar-refractivity contribution in [2.24, 2.45) is 0 Å². The van der Waals surface area contributed by atoms with E-state index in [0.717, 1.165) is 16.5 Å². The van der Waals surface area contributed by atoms with E-state index in [2.05, 4.69) is 4.98 Å². The number of nitrogens with zero attached hydrogens (tertiary/aromatic N) is 3. The number of H-pyrrole nitrogens is 1. The summed E-state index contributed by atoms with van der Waals surface area (Å²) in [5, 5.41) is 9.33. The van der Waals surface area contributed by atoms with Crippen LogP contribution in [0.5, 0.6) is 0 Å². The minimum absolute atomic E-state index is 0.0509. The zero-order valence-electron chi connectivity index (χ0n) is 17.8. The number of aromatic amines is 1. The van der Waals surface area contributed by atoms with Gasteiger partial charge in [-0.2, -0.15) is 4.31 Å². The lowest BCUT2D eigenvalue weighted by Gasteiger charge is -2.33. The molecule has 32 heavy (non-hydrogen) atoms. The predicted octanol–water partition coefficient (Wildman–Crippen LogP) is 2.74. The van der Waals surface area contributed by atoms with Gasteiger partial charge in [0.2, 0.25) is 5.91 Å². The molecule has 0 bridgehead atoms. The number of rotatable bonds is 5. The second-order valence-electron chi connectivity index (χ2n) is 7.96. The van der Waals surface area contributed by atoms with Gasteiger partial charge in [-0.05, 0) is 23.8 Å². The molecule has 8 nitrogen and oxygen atoms in total. The highest BCUT2D eigenvalue weighted by Crippen LogP contribution is 2.25. The van der Waals surface area contributed by atoms with Gasteiger partial charge in [-0.3, -0.25) is 10.2 Å². The molecule has 1 aliphatic rings. The Morgan fingerprint density at radius 1 is 1.12 bits per heavy atom. The monoisotopic (exact) mass is 473 g/mol. The highest BCUT2D eigenvalue weighted by molar-refractivity contribution is 7.89. The lowest BCUT2D eigenvalue weighted by Crippen LogP contribution is -2.51. The van der Waals surface area contributed by atoms with Gasteiger partial charge in [0.1, 0.15) is 10.9 Å². The third-order valence-corrected chi connectivity index (χ3v) is 7.51. The van der Waals surface area contributed by atoms with Crippen molar-refractivity contribution in [3.05, 3.63) is 64.7 Å². The van der Waals surface area contributed by atoms with Crippen molar-refractivity contribution in [3.63, 3.8) is 0 Å². The number of amidine groups is 1. The van der Waals surface area contributed by atoms with Crippen molar-refractivity contribution in [2.45, 2.75) is 11.6 Å². The topological polar surface area (TPSA) is 101 Å². The van der Waals surface area contributed by atoms with Crippen molar-refractivity contribution < 1.29 is 13.2 Å². The molecule has 3 aromatic rings. The summed E-state index contributed by atoms with van der Waals surface area (Å²) in [6.45, 7) is 0.710. The van der Waals surface area contributed by atoms with E-state index < -0.39 is 10.0 Å². The number of piperazine rings is 1. The van der Waals surface area contributed by atoms with Crippen molar-refractivity contribution in [3.8, 4) is 0 Å². The van der Waals surface area contributed by atoms with Gasteiger partial charge in [0.15, 0.2) is 0 Å². The Balaban J connectivity index is 1.44. The number of amides is 1. The average Bonchev–Trinajstić information content (AvgIpc) is 3.19. The van der Waals surface area contributed by atoms with Crippen molar-refractivity contribution in [2.75, 3.05) is 33.7 Å². The highest BCUT2D eigenvalue weighted by atomic mass is 35.5. The summed E-state index contributed by atoms with van der Waals surface area (Å²) in [4.78, 5) is 19.0. The molecule has 1 saturated heterocycles. The van der Waals surface area contributed by atoms with Gasteiger partial charge in [-0.25, -0.2) is 8.42 Å². The Labute approximate surface area is 191 Å². The van der Waals surface area contributed by atoms with Crippen molar-refractivity contribution in [1.29, 1.82) is 5.41 Å². The fourth-order valence-corrected chi connectivity index (χ4v) is 5.22. The first kappa shape index (κ1) is 22.3. The number of aromatic nitrogens is 1. The number of nitrogens with one attached hydrogen (secondary N) is 2. The van der Waals surface area contributed by atoms with Crippen LogP contribution in [0.2, 0.25) is 5.02 Å². The molecule has 1 amide bonds. The van der Waals surface area contributed by atoms with E-state index in [1.807, 2.05) is 38.4 Å². The molecule has 168 valence electrons. The Hall–Kier alpha value is -2.88. The minimum Gasteiger partial charge on any atom is -0.363 e. The van der Waals surface area contributed by atoms with E-state index in [-0.39, 0.29) is 24.0 Å². The summed E-state index contributed by atoms with van der Waals surface area (Å²) in [5.41, 5.74) is 2.35. The van der Waals surface area contributed by atoms with Crippen LogP contribution in [0.3, 0.4) is 0 Å². The molecule has 0 atom stereocenters. The van der Waals surface area contributed by atoms with E-state index in [0.29, 0.717) is 29.5 Å². The van der Waals surface area contributed by atoms with E-state index in [4.69, 9.17) is 17.0 Å². The van der Waals surface area contributed by atoms with E-state index in [1.54, 1.807) is 34.1 Å². The summed E-state index contributed by atoms with van der Waals surface area (Å²) < 4.78 is 27.4. The summed E-state index contributed by atoms with van der Waals surface area (Å²) >= 11 is 5.99. The summed E-state index contributed by atoms with van der Waals surface area (Å²) in [6.07, 6.45) is 0. The molecule has 2 N–H and O–H groups in total. The minimum atomic E-state index is -3.83. The number of halogens is 1. The first-order valence-corrected chi connectivity index (χ1v) is 11.9. The Bertz CT molecular complexity index is 1280.